The molecule has 1 rings (SSSR count). The van der Waals surface area contributed by atoms with Crippen LogP contribution >= 0.6 is 11.6 Å². The fourth-order valence-electron chi connectivity index (χ4n) is 1.34. The Labute approximate surface area is 95.0 Å². The van der Waals surface area contributed by atoms with Crippen LogP contribution in [0, 0.1) is 5.82 Å². The third-order valence-corrected chi connectivity index (χ3v) is 2.43. The number of nitrogens with one attached hydrogen (secondary N) is 1. The maximum Gasteiger partial charge on any atom is 0.127 e. The molecule has 15 heavy (non-hydrogen) atoms. The van der Waals surface area contributed by atoms with E-state index in [1.165, 1.54) is 6.07 Å². The Morgan fingerprint density at radius 2 is 2.20 bits per heavy atom. The van der Waals surface area contributed by atoms with Crippen LogP contribution in [0.15, 0.2) is 18.2 Å². The summed E-state index contributed by atoms with van der Waals surface area (Å²) in [5, 5.41) is 3.63. The Balaban J connectivity index is 2.59. The molecule has 0 aliphatic carbocycles. The first-order chi connectivity index (χ1) is 7.13. The largest absolute Gasteiger partial charge is 0.318 e. The third kappa shape index (κ3) is 4.16. The van der Waals surface area contributed by atoms with Crippen molar-refractivity contribution in [3.05, 3.63) is 34.6 Å². The van der Waals surface area contributed by atoms with Gasteiger partial charge >= 0.3 is 0 Å². The molecular formula is C11H16ClFN2. The summed E-state index contributed by atoms with van der Waals surface area (Å²) in [6.07, 6.45) is 0. The fourth-order valence-corrected chi connectivity index (χ4v) is 1.53. The SMILES string of the molecule is CNCCN(C)Cc1cc(Cl)ccc1F. The van der Waals surface area contributed by atoms with Crippen LogP contribution in [-0.4, -0.2) is 32.1 Å². The van der Waals surface area contributed by atoms with E-state index in [1.807, 2.05) is 19.0 Å². The number of nitrogens with zero attached hydrogens (tertiary/aromatic N) is 1. The Hall–Kier alpha value is -0.640. The molecule has 1 aromatic carbocycles. The molecule has 0 aliphatic heterocycles. The highest BCUT2D eigenvalue weighted by Gasteiger charge is 2.05. The van der Waals surface area contributed by atoms with Gasteiger partial charge in [-0.25, -0.2) is 4.39 Å². The Morgan fingerprint density at radius 1 is 1.47 bits per heavy atom. The van der Waals surface area contributed by atoms with Crippen molar-refractivity contribution < 1.29 is 4.39 Å². The van der Waals surface area contributed by atoms with Crippen molar-refractivity contribution in [3.8, 4) is 0 Å². The Bertz CT molecular complexity index is 317. The van der Waals surface area contributed by atoms with E-state index in [2.05, 4.69) is 5.32 Å². The van der Waals surface area contributed by atoms with Crippen molar-refractivity contribution in [3.63, 3.8) is 0 Å². The average Bonchev–Trinajstić information content (AvgIpc) is 2.20. The summed E-state index contributed by atoms with van der Waals surface area (Å²) in [6, 6.07) is 4.64. The first-order valence-corrected chi connectivity index (χ1v) is 5.28. The van der Waals surface area contributed by atoms with Gasteiger partial charge in [-0.1, -0.05) is 11.6 Å². The van der Waals surface area contributed by atoms with Gasteiger partial charge < -0.3 is 10.2 Å². The zero-order chi connectivity index (χ0) is 11.3. The molecule has 0 heterocycles. The molecule has 0 bridgehead atoms. The molecule has 0 atom stereocenters. The zero-order valence-corrected chi connectivity index (χ0v) is 9.81. The van der Waals surface area contributed by atoms with E-state index >= 15 is 0 Å². The molecule has 0 amide bonds. The molecule has 0 spiro atoms. The van der Waals surface area contributed by atoms with Gasteiger partial charge in [-0.05, 0) is 32.3 Å². The highest BCUT2D eigenvalue weighted by atomic mass is 35.5. The number of rotatable bonds is 5. The van der Waals surface area contributed by atoms with E-state index in [0.717, 1.165) is 13.1 Å². The van der Waals surface area contributed by atoms with Crippen LogP contribution in [0.4, 0.5) is 4.39 Å². The lowest BCUT2D eigenvalue weighted by Gasteiger charge is -2.16. The van der Waals surface area contributed by atoms with Crippen LogP contribution < -0.4 is 5.32 Å². The van der Waals surface area contributed by atoms with Crippen LogP contribution in [0.3, 0.4) is 0 Å². The van der Waals surface area contributed by atoms with Gasteiger partial charge in [0.1, 0.15) is 5.82 Å². The van der Waals surface area contributed by atoms with E-state index in [0.29, 0.717) is 17.1 Å². The van der Waals surface area contributed by atoms with Gasteiger partial charge in [-0.15, -0.1) is 0 Å². The summed E-state index contributed by atoms with van der Waals surface area (Å²) in [6.45, 7) is 2.34. The molecule has 0 radical (unpaired) electrons. The second-order valence-corrected chi connectivity index (χ2v) is 4.01. The first-order valence-electron chi connectivity index (χ1n) is 4.90. The number of halogens is 2. The van der Waals surface area contributed by atoms with Crippen LogP contribution in [-0.2, 0) is 6.54 Å². The first kappa shape index (κ1) is 12.4. The minimum atomic E-state index is -0.198. The molecule has 84 valence electrons. The summed E-state index contributed by atoms with van der Waals surface area (Å²) in [5.41, 5.74) is 0.640. The minimum Gasteiger partial charge on any atom is -0.318 e. The van der Waals surface area contributed by atoms with Crippen LogP contribution in [0.25, 0.3) is 0 Å². The van der Waals surface area contributed by atoms with Gasteiger partial charge in [-0.2, -0.15) is 0 Å². The van der Waals surface area contributed by atoms with E-state index in [1.54, 1.807) is 12.1 Å². The summed E-state index contributed by atoms with van der Waals surface area (Å²) < 4.78 is 13.4. The fraction of sp³-hybridized carbons (Fsp3) is 0.455. The minimum absolute atomic E-state index is 0.198. The van der Waals surface area contributed by atoms with Gasteiger partial charge in [0, 0.05) is 30.2 Å². The molecule has 2 nitrogen and oxygen atoms in total. The van der Waals surface area contributed by atoms with Gasteiger partial charge in [0.2, 0.25) is 0 Å². The number of benzene rings is 1. The molecule has 0 aliphatic rings. The van der Waals surface area contributed by atoms with Crippen molar-refractivity contribution in [1.82, 2.24) is 10.2 Å². The second kappa shape index (κ2) is 6.05. The topological polar surface area (TPSA) is 15.3 Å². The molecule has 4 heteroatoms. The lowest BCUT2D eigenvalue weighted by atomic mass is 10.2. The smallest absolute Gasteiger partial charge is 0.127 e. The second-order valence-electron chi connectivity index (χ2n) is 3.58. The summed E-state index contributed by atoms with van der Waals surface area (Å²) >= 11 is 5.81. The van der Waals surface area contributed by atoms with Gasteiger partial charge in [0.05, 0.1) is 0 Å². The normalized spacial score (nSPS) is 11.0. The van der Waals surface area contributed by atoms with Gasteiger partial charge in [-0.3, -0.25) is 0 Å². The van der Waals surface area contributed by atoms with E-state index < -0.39 is 0 Å². The van der Waals surface area contributed by atoms with E-state index in [-0.39, 0.29) is 5.82 Å². The predicted molar refractivity (Wildman–Crippen MR) is 61.7 cm³/mol. The van der Waals surface area contributed by atoms with Crippen LogP contribution in [0.2, 0.25) is 5.02 Å². The standard InChI is InChI=1S/C11H16ClFN2/c1-14-5-6-15(2)8-9-7-10(12)3-4-11(9)13/h3-4,7,14H,5-6,8H2,1-2H3. The van der Waals surface area contributed by atoms with E-state index in [9.17, 15) is 4.39 Å². The quantitative estimate of drug-likeness (QED) is 0.834. The van der Waals surface area contributed by atoms with Crippen molar-refractivity contribution >= 4 is 11.6 Å². The zero-order valence-electron chi connectivity index (χ0n) is 9.06. The van der Waals surface area contributed by atoms with Gasteiger partial charge in [0.25, 0.3) is 0 Å². The molecule has 0 fully saturated rings. The Morgan fingerprint density at radius 3 is 2.87 bits per heavy atom. The molecule has 0 saturated carbocycles. The Kier molecular flexibility index (Phi) is 5.02. The number of likely N-dealkylation sites (N-methyl/N-ethyl adjacent to an activating group) is 2. The molecule has 0 aromatic heterocycles. The van der Waals surface area contributed by atoms with Crippen molar-refractivity contribution in [2.45, 2.75) is 6.54 Å². The molecule has 0 unspecified atom stereocenters. The molecule has 0 saturated heterocycles. The molecule has 1 aromatic rings. The highest BCUT2D eigenvalue weighted by Crippen LogP contribution is 2.15. The van der Waals surface area contributed by atoms with Crippen molar-refractivity contribution in [2.75, 3.05) is 27.2 Å². The van der Waals surface area contributed by atoms with Crippen molar-refractivity contribution in [2.24, 2.45) is 0 Å². The lowest BCUT2D eigenvalue weighted by molar-refractivity contribution is 0.322. The monoisotopic (exact) mass is 230 g/mol. The average molecular weight is 231 g/mol. The van der Waals surface area contributed by atoms with Crippen molar-refractivity contribution in [1.29, 1.82) is 0 Å². The van der Waals surface area contributed by atoms with Crippen LogP contribution in [0.1, 0.15) is 5.56 Å². The maximum absolute atomic E-state index is 13.4. The lowest BCUT2D eigenvalue weighted by Crippen LogP contribution is -2.27. The summed E-state index contributed by atoms with van der Waals surface area (Å²) in [5.74, 6) is -0.198. The van der Waals surface area contributed by atoms with Crippen LogP contribution in [0.5, 0.6) is 0 Å². The van der Waals surface area contributed by atoms with E-state index in [4.69, 9.17) is 11.6 Å². The third-order valence-electron chi connectivity index (χ3n) is 2.19. The molecule has 1 N–H and O–H groups in total. The number of hydrogen-bond acceptors (Lipinski definition) is 2. The summed E-state index contributed by atoms with van der Waals surface area (Å²) in [4.78, 5) is 2.05. The maximum atomic E-state index is 13.4. The molecular weight excluding hydrogens is 215 g/mol. The van der Waals surface area contributed by atoms with Gasteiger partial charge in [0.15, 0.2) is 0 Å². The summed E-state index contributed by atoms with van der Waals surface area (Å²) in [7, 11) is 3.85. The predicted octanol–water partition coefficient (Wildman–Crippen LogP) is 2.13. The number of hydrogen-bond donors (Lipinski definition) is 1. The highest BCUT2D eigenvalue weighted by molar-refractivity contribution is 6.30.